The maximum atomic E-state index is 12.7. The van der Waals surface area contributed by atoms with Gasteiger partial charge in [0, 0.05) is 13.7 Å². The smallest absolute Gasteiger partial charge is 0.233 e. The molecule has 0 aliphatic carbocycles. The molecule has 0 N–H and O–H groups in total. The van der Waals surface area contributed by atoms with Crippen molar-refractivity contribution >= 4 is 39.2 Å². The Balaban J connectivity index is 1.36. The number of nitrogens with zero attached hydrogens (tertiary/aromatic N) is 6. The third-order valence-electron chi connectivity index (χ3n) is 4.87. The molecular weight excluding hydrogens is 396 g/mol. The highest BCUT2D eigenvalue weighted by molar-refractivity contribution is 7.99. The number of thioether (sulfide) groups is 1. The van der Waals surface area contributed by atoms with Gasteiger partial charge in [-0.2, -0.15) is 0 Å². The van der Waals surface area contributed by atoms with E-state index < -0.39 is 0 Å². The number of rotatable bonds is 7. The number of carbonyl (C=O) groups excluding carboxylic acids is 1. The quantitative estimate of drug-likeness (QED) is 0.545. The zero-order valence-corrected chi connectivity index (χ0v) is 17.4. The van der Waals surface area contributed by atoms with Crippen molar-refractivity contribution in [3.8, 4) is 0 Å². The monoisotopic (exact) mass is 418 g/mol. The second-order valence-corrected chi connectivity index (χ2v) is 8.77. The fraction of sp³-hybridized carbons (Fsp3) is 0.500. The lowest BCUT2D eigenvalue weighted by atomic mass is 10.2. The van der Waals surface area contributed by atoms with Gasteiger partial charge in [0.1, 0.15) is 5.01 Å². The van der Waals surface area contributed by atoms with E-state index in [2.05, 4.69) is 26.6 Å². The largest absolute Gasteiger partial charge is 0.376 e. The number of amides is 1. The minimum Gasteiger partial charge on any atom is -0.376 e. The first kappa shape index (κ1) is 19.3. The van der Waals surface area contributed by atoms with E-state index in [1.54, 1.807) is 20.9 Å². The van der Waals surface area contributed by atoms with Crippen molar-refractivity contribution in [1.82, 2.24) is 30.1 Å². The number of thiazole rings is 1. The van der Waals surface area contributed by atoms with Crippen LogP contribution in [-0.2, 0) is 16.1 Å². The van der Waals surface area contributed by atoms with Crippen molar-refractivity contribution in [3.63, 3.8) is 0 Å². The molecule has 1 fully saturated rings. The molecule has 0 saturated carbocycles. The normalized spacial score (nSPS) is 17.9. The molecule has 3 aromatic rings. The molecule has 0 unspecified atom stereocenters. The summed E-state index contributed by atoms with van der Waals surface area (Å²) in [6.45, 7) is 3.42. The summed E-state index contributed by atoms with van der Waals surface area (Å²) >= 11 is 2.98. The fourth-order valence-electron chi connectivity index (χ4n) is 3.07. The van der Waals surface area contributed by atoms with E-state index in [0.717, 1.165) is 34.7 Å². The average molecular weight is 419 g/mol. The summed E-state index contributed by atoms with van der Waals surface area (Å²) in [6, 6.07) is 7.93. The second kappa shape index (κ2) is 8.54. The summed E-state index contributed by atoms with van der Waals surface area (Å²) in [5.74, 6) is 0.292. The third kappa shape index (κ3) is 4.18. The molecule has 0 spiro atoms. The minimum absolute atomic E-state index is 0.0171. The highest BCUT2D eigenvalue weighted by Gasteiger charge is 2.23. The number of fused-ring (bicyclic) bond motifs is 1. The molecule has 1 amide bonds. The number of para-hydroxylation sites is 1. The molecule has 148 valence electrons. The molecule has 3 heterocycles. The van der Waals surface area contributed by atoms with Crippen LogP contribution in [0.3, 0.4) is 0 Å². The molecule has 28 heavy (non-hydrogen) atoms. The number of ether oxygens (including phenoxy) is 1. The van der Waals surface area contributed by atoms with Crippen molar-refractivity contribution in [2.45, 2.75) is 43.6 Å². The van der Waals surface area contributed by atoms with Gasteiger partial charge in [-0.25, -0.2) is 9.67 Å². The van der Waals surface area contributed by atoms with Crippen LogP contribution in [0.5, 0.6) is 0 Å². The number of carbonyl (C=O) groups is 1. The Hall–Kier alpha value is -2.04. The molecule has 0 bridgehead atoms. The molecule has 2 atom stereocenters. The van der Waals surface area contributed by atoms with Crippen LogP contribution in [0.4, 0.5) is 0 Å². The summed E-state index contributed by atoms with van der Waals surface area (Å²) in [7, 11) is 1.81. The summed E-state index contributed by atoms with van der Waals surface area (Å²) in [5.41, 5.74) is 0.970. The standard InChI is InChI=1S/C18H22N6O2S2/c1-12(17-19-14-7-3-4-8-15(14)28-17)23(2)16(25)11-27-18-20-21-22-24(18)10-13-6-5-9-26-13/h3-4,7-8,12-13H,5-6,9-11H2,1-2H3/t12-,13+/m1/s1. The van der Waals surface area contributed by atoms with Crippen LogP contribution >= 0.6 is 23.1 Å². The maximum absolute atomic E-state index is 12.7. The van der Waals surface area contributed by atoms with Gasteiger partial charge in [-0.1, -0.05) is 23.9 Å². The highest BCUT2D eigenvalue weighted by atomic mass is 32.2. The Bertz CT molecular complexity index is 919. The summed E-state index contributed by atoms with van der Waals surface area (Å²) in [6.07, 6.45) is 2.24. The van der Waals surface area contributed by atoms with Crippen molar-refractivity contribution < 1.29 is 9.53 Å². The Morgan fingerprint density at radius 2 is 2.32 bits per heavy atom. The van der Waals surface area contributed by atoms with E-state index in [1.807, 2.05) is 32.2 Å². The van der Waals surface area contributed by atoms with E-state index in [0.29, 0.717) is 11.7 Å². The van der Waals surface area contributed by atoms with Gasteiger partial charge in [-0.05, 0) is 42.3 Å². The van der Waals surface area contributed by atoms with Gasteiger partial charge in [-0.3, -0.25) is 4.79 Å². The van der Waals surface area contributed by atoms with Gasteiger partial charge in [0.05, 0.1) is 34.7 Å². The summed E-state index contributed by atoms with van der Waals surface area (Å²) in [4.78, 5) is 19.1. The molecule has 2 aromatic heterocycles. The van der Waals surface area contributed by atoms with Gasteiger partial charge in [-0.15, -0.1) is 16.4 Å². The first-order valence-corrected chi connectivity index (χ1v) is 11.0. The average Bonchev–Trinajstić information content (AvgIpc) is 3.46. The van der Waals surface area contributed by atoms with Crippen LogP contribution in [0.2, 0.25) is 0 Å². The second-order valence-electron chi connectivity index (χ2n) is 6.77. The lowest BCUT2D eigenvalue weighted by molar-refractivity contribution is -0.128. The van der Waals surface area contributed by atoms with E-state index >= 15 is 0 Å². The van der Waals surface area contributed by atoms with Crippen molar-refractivity contribution in [3.05, 3.63) is 29.3 Å². The van der Waals surface area contributed by atoms with Crippen molar-refractivity contribution in [1.29, 1.82) is 0 Å². The van der Waals surface area contributed by atoms with Crippen molar-refractivity contribution in [2.24, 2.45) is 0 Å². The van der Waals surface area contributed by atoms with Gasteiger partial charge in [0.2, 0.25) is 11.1 Å². The van der Waals surface area contributed by atoms with Gasteiger partial charge in [0.25, 0.3) is 0 Å². The summed E-state index contributed by atoms with van der Waals surface area (Å²) < 4.78 is 8.50. The SMILES string of the molecule is C[C@H](c1nc2ccccc2s1)N(C)C(=O)CSc1nnnn1C[C@@H]1CCCO1. The van der Waals surface area contributed by atoms with Crippen LogP contribution < -0.4 is 0 Å². The van der Waals surface area contributed by atoms with E-state index in [1.165, 1.54) is 11.8 Å². The highest BCUT2D eigenvalue weighted by Crippen LogP contribution is 2.29. The number of benzene rings is 1. The van der Waals surface area contributed by atoms with Crippen LogP contribution in [0, 0.1) is 0 Å². The number of tetrazole rings is 1. The van der Waals surface area contributed by atoms with E-state index in [4.69, 9.17) is 4.74 Å². The Kier molecular flexibility index (Phi) is 5.88. The molecule has 1 aromatic carbocycles. The fourth-order valence-corrected chi connectivity index (χ4v) is 4.95. The lowest BCUT2D eigenvalue weighted by Gasteiger charge is -2.23. The van der Waals surface area contributed by atoms with Gasteiger partial charge < -0.3 is 9.64 Å². The zero-order valence-electron chi connectivity index (χ0n) is 15.8. The molecule has 0 radical (unpaired) electrons. The summed E-state index contributed by atoms with van der Waals surface area (Å²) in [5, 5.41) is 13.4. The molecule has 10 heteroatoms. The van der Waals surface area contributed by atoms with Crippen LogP contribution in [0.1, 0.15) is 30.8 Å². The zero-order chi connectivity index (χ0) is 19.5. The first-order chi connectivity index (χ1) is 13.6. The van der Waals surface area contributed by atoms with Gasteiger partial charge >= 0.3 is 0 Å². The molecule has 1 saturated heterocycles. The van der Waals surface area contributed by atoms with Crippen LogP contribution in [0.15, 0.2) is 29.4 Å². The number of aromatic nitrogens is 5. The first-order valence-electron chi connectivity index (χ1n) is 9.23. The molecule has 4 rings (SSSR count). The molecule has 1 aliphatic heterocycles. The van der Waals surface area contributed by atoms with Crippen LogP contribution in [-0.4, -0.2) is 61.5 Å². The molecule has 8 nitrogen and oxygen atoms in total. The van der Waals surface area contributed by atoms with E-state index in [-0.39, 0.29) is 23.8 Å². The minimum atomic E-state index is -0.0895. The lowest BCUT2D eigenvalue weighted by Crippen LogP contribution is -2.31. The van der Waals surface area contributed by atoms with Crippen LogP contribution in [0.25, 0.3) is 10.2 Å². The topological polar surface area (TPSA) is 86.0 Å². The van der Waals surface area contributed by atoms with Crippen molar-refractivity contribution in [2.75, 3.05) is 19.4 Å². The predicted octanol–water partition coefficient (Wildman–Crippen LogP) is 2.77. The van der Waals surface area contributed by atoms with E-state index in [9.17, 15) is 4.79 Å². The third-order valence-corrected chi connectivity index (χ3v) is 7.02. The van der Waals surface area contributed by atoms with Gasteiger partial charge in [0.15, 0.2) is 0 Å². The Morgan fingerprint density at radius 3 is 3.11 bits per heavy atom. The molecule has 1 aliphatic rings. The maximum Gasteiger partial charge on any atom is 0.233 e. The Labute approximate surface area is 171 Å². The predicted molar refractivity (Wildman–Crippen MR) is 108 cm³/mol. The molecular formula is C18H22N6O2S2. The Morgan fingerprint density at radius 1 is 1.46 bits per heavy atom. The number of hydrogen-bond donors (Lipinski definition) is 0. The number of hydrogen-bond acceptors (Lipinski definition) is 8.